The third kappa shape index (κ3) is 6.50. The maximum Gasteiger partial charge on any atom is 0.191 e. The summed E-state index contributed by atoms with van der Waals surface area (Å²) in [6.07, 6.45) is 5.10. The van der Waals surface area contributed by atoms with E-state index in [-0.39, 0.29) is 24.0 Å². The van der Waals surface area contributed by atoms with Crippen LogP contribution < -0.4 is 10.6 Å². The van der Waals surface area contributed by atoms with E-state index in [0.29, 0.717) is 12.6 Å². The summed E-state index contributed by atoms with van der Waals surface area (Å²) in [4.78, 5) is 6.70. The fourth-order valence-corrected chi connectivity index (χ4v) is 2.61. The van der Waals surface area contributed by atoms with Crippen molar-refractivity contribution < 1.29 is 4.52 Å². The first kappa shape index (κ1) is 20.0. The highest BCUT2D eigenvalue weighted by atomic mass is 127. The molecule has 2 N–H and O–H groups in total. The highest BCUT2D eigenvalue weighted by Crippen LogP contribution is 2.10. The first-order chi connectivity index (χ1) is 10.7. The summed E-state index contributed by atoms with van der Waals surface area (Å²) in [7, 11) is 1.79. The number of guanidine groups is 1. The Balaban J connectivity index is 0.00000264. The molecule has 0 unspecified atom stereocenters. The Kier molecular flexibility index (Phi) is 9.23. The van der Waals surface area contributed by atoms with E-state index in [1.54, 1.807) is 7.05 Å². The average molecular weight is 433 g/mol. The van der Waals surface area contributed by atoms with Gasteiger partial charge in [-0.25, -0.2) is 0 Å². The van der Waals surface area contributed by atoms with Crippen LogP contribution in [0.3, 0.4) is 0 Å². The van der Waals surface area contributed by atoms with Crippen molar-refractivity contribution in [2.75, 3.05) is 26.7 Å². The summed E-state index contributed by atoms with van der Waals surface area (Å²) in [6.45, 7) is 9.64. The molecule has 0 radical (unpaired) electrons. The molecule has 1 aromatic rings. The zero-order valence-corrected chi connectivity index (χ0v) is 16.4. The van der Waals surface area contributed by atoms with Crippen molar-refractivity contribution >= 4 is 29.9 Å². The van der Waals surface area contributed by atoms with Crippen molar-refractivity contribution in [1.82, 2.24) is 20.7 Å². The molecule has 0 aromatic carbocycles. The van der Waals surface area contributed by atoms with E-state index >= 15 is 0 Å². The van der Waals surface area contributed by atoms with Gasteiger partial charge in [0, 0.05) is 38.8 Å². The number of aliphatic imine (C=N–C) groups is 1. The van der Waals surface area contributed by atoms with Crippen LogP contribution in [-0.2, 0) is 13.0 Å². The number of aromatic nitrogens is 1. The van der Waals surface area contributed by atoms with Crippen LogP contribution >= 0.6 is 24.0 Å². The predicted molar refractivity (Wildman–Crippen MR) is 104 cm³/mol. The normalized spacial score (nSPS) is 16.7. The van der Waals surface area contributed by atoms with Crippen LogP contribution in [0.4, 0.5) is 0 Å². The molecule has 0 bridgehead atoms. The monoisotopic (exact) mass is 433 g/mol. The minimum Gasteiger partial charge on any atom is -0.359 e. The molecule has 0 spiro atoms. The average Bonchev–Trinajstić information content (AvgIpc) is 3.01. The van der Waals surface area contributed by atoms with Gasteiger partial charge in [-0.15, -0.1) is 30.6 Å². The summed E-state index contributed by atoms with van der Waals surface area (Å²) < 4.78 is 5.27. The third-order valence-corrected chi connectivity index (χ3v) is 3.94. The van der Waals surface area contributed by atoms with Crippen LogP contribution in [0.25, 0.3) is 0 Å². The van der Waals surface area contributed by atoms with Gasteiger partial charge in [0.05, 0.1) is 12.2 Å². The predicted octanol–water partition coefficient (Wildman–Crippen LogP) is 2.17. The van der Waals surface area contributed by atoms with Gasteiger partial charge in [0.25, 0.3) is 0 Å². The van der Waals surface area contributed by atoms with E-state index in [1.807, 2.05) is 12.1 Å². The largest absolute Gasteiger partial charge is 0.359 e. The maximum absolute atomic E-state index is 5.27. The molecule has 23 heavy (non-hydrogen) atoms. The van der Waals surface area contributed by atoms with E-state index < -0.39 is 0 Å². The van der Waals surface area contributed by atoms with Gasteiger partial charge < -0.3 is 15.2 Å². The molecule has 1 fully saturated rings. The van der Waals surface area contributed by atoms with Crippen LogP contribution in [0.5, 0.6) is 0 Å². The summed E-state index contributed by atoms with van der Waals surface area (Å²) in [6, 6.07) is 2.45. The van der Waals surface area contributed by atoms with E-state index in [2.05, 4.69) is 39.2 Å². The maximum atomic E-state index is 5.27. The van der Waals surface area contributed by atoms with Crippen molar-refractivity contribution in [3.63, 3.8) is 0 Å². The molecule has 2 heterocycles. The van der Waals surface area contributed by atoms with Gasteiger partial charge in [-0.3, -0.25) is 9.89 Å². The smallest absolute Gasteiger partial charge is 0.191 e. The molecule has 7 heteroatoms. The lowest BCUT2D eigenvalue weighted by Gasteiger charge is -2.32. The lowest BCUT2D eigenvalue weighted by molar-refractivity contribution is 0.225. The van der Waals surface area contributed by atoms with Gasteiger partial charge in [0.2, 0.25) is 0 Å². The fourth-order valence-electron chi connectivity index (χ4n) is 2.61. The SMILES string of the molecule is C=CCN1CCC(NC(=NC)NCc2cc(CC)no2)CC1.I. The summed E-state index contributed by atoms with van der Waals surface area (Å²) >= 11 is 0. The zero-order valence-electron chi connectivity index (χ0n) is 14.0. The molecule has 2 rings (SSSR count). The van der Waals surface area contributed by atoms with E-state index in [4.69, 9.17) is 4.52 Å². The number of rotatable bonds is 6. The van der Waals surface area contributed by atoms with Gasteiger partial charge >= 0.3 is 0 Å². The molecule has 6 nitrogen and oxygen atoms in total. The van der Waals surface area contributed by atoms with E-state index in [9.17, 15) is 0 Å². The quantitative estimate of drug-likeness (QED) is 0.312. The first-order valence-corrected chi connectivity index (χ1v) is 8.00. The second-order valence-corrected chi connectivity index (χ2v) is 5.57. The lowest BCUT2D eigenvalue weighted by atomic mass is 10.1. The Morgan fingerprint density at radius 1 is 1.52 bits per heavy atom. The number of nitrogens with one attached hydrogen (secondary N) is 2. The minimum absolute atomic E-state index is 0. The van der Waals surface area contributed by atoms with Gasteiger partial charge in [0.1, 0.15) is 0 Å². The second-order valence-electron chi connectivity index (χ2n) is 5.57. The zero-order chi connectivity index (χ0) is 15.8. The Bertz CT molecular complexity index is 494. The van der Waals surface area contributed by atoms with Crippen molar-refractivity contribution in [1.29, 1.82) is 0 Å². The third-order valence-electron chi connectivity index (χ3n) is 3.94. The molecular formula is C16H28IN5O. The molecule has 1 aliphatic heterocycles. The lowest BCUT2D eigenvalue weighted by Crippen LogP contribution is -2.48. The first-order valence-electron chi connectivity index (χ1n) is 8.00. The Hall–Kier alpha value is -1.09. The van der Waals surface area contributed by atoms with Crippen molar-refractivity contribution in [3.8, 4) is 0 Å². The summed E-state index contributed by atoms with van der Waals surface area (Å²) in [5, 5.41) is 10.8. The number of piperidine rings is 1. The van der Waals surface area contributed by atoms with Crippen molar-refractivity contribution in [2.24, 2.45) is 4.99 Å². The number of halogens is 1. The highest BCUT2D eigenvalue weighted by Gasteiger charge is 2.19. The number of likely N-dealkylation sites (tertiary alicyclic amines) is 1. The van der Waals surface area contributed by atoms with Gasteiger partial charge in [-0.1, -0.05) is 18.2 Å². The van der Waals surface area contributed by atoms with Crippen molar-refractivity contribution in [2.45, 2.75) is 38.8 Å². The van der Waals surface area contributed by atoms with E-state index in [1.165, 1.54) is 0 Å². The summed E-state index contributed by atoms with van der Waals surface area (Å²) in [5.74, 6) is 1.65. The molecule has 0 saturated carbocycles. The van der Waals surface area contributed by atoms with Crippen LogP contribution in [0.15, 0.2) is 28.2 Å². The van der Waals surface area contributed by atoms with Gasteiger partial charge in [0.15, 0.2) is 11.7 Å². The Morgan fingerprint density at radius 2 is 2.26 bits per heavy atom. The molecule has 0 atom stereocenters. The van der Waals surface area contributed by atoms with Gasteiger partial charge in [-0.05, 0) is 19.3 Å². The summed E-state index contributed by atoms with van der Waals surface area (Å²) in [5.41, 5.74) is 0.981. The fraction of sp³-hybridized carbons (Fsp3) is 0.625. The van der Waals surface area contributed by atoms with Crippen molar-refractivity contribution in [3.05, 3.63) is 30.2 Å². The molecule has 0 amide bonds. The van der Waals surface area contributed by atoms with Crippen LogP contribution in [0, 0.1) is 0 Å². The van der Waals surface area contributed by atoms with E-state index in [0.717, 1.165) is 56.3 Å². The molecule has 0 aliphatic carbocycles. The minimum atomic E-state index is 0. The van der Waals surface area contributed by atoms with Crippen LogP contribution in [0.1, 0.15) is 31.2 Å². The molecule has 1 aromatic heterocycles. The topological polar surface area (TPSA) is 65.7 Å². The van der Waals surface area contributed by atoms with Gasteiger partial charge in [-0.2, -0.15) is 0 Å². The Labute approximate surface area is 155 Å². The molecular weight excluding hydrogens is 405 g/mol. The Morgan fingerprint density at radius 3 is 2.83 bits per heavy atom. The standard InChI is InChI=1S/C16H27N5O.HI/c1-4-8-21-9-6-14(7-10-21)19-16(17-3)18-12-15-11-13(5-2)20-22-15;/h4,11,14H,1,5-10,12H2,2-3H3,(H2,17,18,19);1H. The number of nitrogens with zero attached hydrogens (tertiary/aromatic N) is 3. The second kappa shape index (κ2) is 10.6. The number of hydrogen-bond acceptors (Lipinski definition) is 4. The number of aryl methyl sites for hydroxylation is 1. The molecule has 1 saturated heterocycles. The highest BCUT2D eigenvalue weighted by molar-refractivity contribution is 14.0. The molecule has 1 aliphatic rings. The van der Waals surface area contributed by atoms with Crippen LogP contribution in [0.2, 0.25) is 0 Å². The van der Waals surface area contributed by atoms with Crippen LogP contribution in [-0.4, -0.2) is 48.7 Å². The number of hydrogen-bond donors (Lipinski definition) is 2. The molecule has 130 valence electrons.